The smallest absolute Gasteiger partial charge is 0.235 e. The van der Waals surface area contributed by atoms with Crippen molar-refractivity contribution in [2.45, 2.75) is 50.9 Å². The molecule has 0 spiro atoms. The Morgan fingerprint density at radius 1 is 1.33 bits per heavy atom. The van der Waals surface area contributed by atoms with Crippen molar-refractivity contribution in [3.63, 3.8) is 0 Å². The highest BCUT2D eigenvalue weighted by atomic mass is 32.2. The number of nitrogens with one attached hydrogen (secondary N) is 2. The molecule has 0 saturated heterocycles. The first-order chi connectivity index (χ1) is 8.27. The zero-order valence-corrected chi connectivity index (χ0v) is 12.4. The fraction of sp³-hybridized carbons (Fsp3) is 0.917. The van der Waals surface area contributed by atoms with Crippen LogP contribution in [0.25, 0.3) is 0 Å². The third-order valence-corrected chi connectivity index (χ3v) is 5.85. The molecule has 6 heteroatoms. The summed E-state index contributed by atoms with van der Waals surface area (Å²) in [6, 6.07) is 0.205. The van der Waals surface area contributed by atoms with E-state index in [1.807, 2.05) is 27.8 Å². The predicted octanol–water partition coefficient (Wildman–Crippen LogP) is 0.312. The molecule has 2 N–H and O–H groups in total. The van der Waals surface area contributed by atoms with E-state index < -0.39 is 26.7 Å². The highest BCUT2D eigenvalue weighted by molar-refractivity contribution is 7.92. The van der Waals surface area contributed by atoms with Crippen molar-refractivity contribution < 1.29 is 13.2 Å². The molecule has 1 aliphatic rings. The number of carbonyl (C=O) groups excluding carboxylic acids is 1. The Bertz CT molecular complexity index is 392. The van der Waals surface area contributed by atoms with Crippen molar-refractivity contribution >= 4 is 15.7 Å². The molecule has 0 aromatic carbocycles. The SMILES string of the molecule is CNC1CCC(S(=O)(=O)CC(=O)NC(C)C)C1C. The Morgan fingerprint density at radius 2 is 1.94 bits per heavy atom. The molecule has 106 valence electrons. The average Bonchev–Trinajstić information content (AvgIpc) is 2.57. The predicted molar refractivity (Wildman–Crippen MR) is 72.1 cm³/mol. The van der Waals surface area contributed by atoms with Gasteiger partial charge in [0, 0.05) is 12.1 Å². The molecule has 3 unspecified atom stereocenters. The fourth-order valence-corrected chi connectivity index (χ4v) is 4.70. The third kappa shape index (κ3) is 3.68. The molecule has 0 heterocycles. The molecule has 0 aliphatic heterocycles. The van der Waals surface area contributed by atoms with Gasteiger partial charge in [-0.05, 0) is 39.7 Å². The molecule has 0 radical (unpaired) electrons. The van der Waals surface area contributed by atoms with Crippen LogP contribution in [0.2, 0.25) is 0 Å². The van der Waals surface area contributed by atoms with Crippen molar-refractivity contribution in [1.29, 1.82) is 0 Å². The Balaban J connectivity index is 2.67. The minimum absolute atomic E-state index is 0.0289. The first kappa shape index (κ1) is 15.4. The summed E-state index contributed by atoms with van der Waals surface area (Å²) >= 11 is 0. The van der Waals surface area contributed by atoms with Gasteiger partial charge in [0.25, 0.3) is 0 Å². The molecule has 3 atom stereocenters. The highest BCUT2D eigenvalue weighted by Gasteiger charge is 2.40. The maximum atomic E-state index is 12.2. The number of sulfone groups is 1. The molecular formula is C12H24N2O3S. The number of hydrogen-bond acceptors (Lipinski definition) is 4. The van der Waals surface area contributed by atoms with Gasteiger partial charge >= 0.3 is 0 Å². The van der Waals surface area contributed by atoms with Crippen LogP contribution in [-0.4, -0.2) is 44.5 Å². The second kappa shape index (κ2) is 6.02. The average molecular weight is 276 g/mol. The van der Waals surface area contributed by atoms with Gasteiger partial charge in [-0.1, -0.05) is 6.92 Å². The van der Waals surface area contributed by atoms with E-state index in [1.54, 1.807) is 0 Å². The van der Waals surface area contributed by atoms with Gasteiger partial charge in [0.2, 0.25) is 5.91 Å². The lowest BCUT2D eigenvalue weighted by Crippen LogP contribution is -2.40. The van der Waals surface area contributed by atoms with Gasteiger partial charge in [-0.25, -0.2) is 8.42 Å². The van der Waals surface area contributed by atoms with Gasteiger partial charge in [0.05, 0.1) is 5.25 Å². The normalized spacial score (nSPS) is 28.6. The summed E-state index contributed by atoms with van der Waals surface area (Å²) in [5.74, 6) is -0.728. The second-order valence-electron chi connectivity index (χ2n) is 5.40. The van der Waals surface area contributed by atoms with E-state index in [0.29, 0.717) is 6.42 Å². The van der Waals surface area contributed by atoms with E-state index in [9.17, 15) is 13.2 Å². The molecule has 1 aliphatic carbocycles. The first-order valence-corrected chi connectivity index (χ1v) is 8.17. The van der Waals surface area contributed by atoms with Crippen LogP contribution >= 0.6 is 0 Å². The van der Waals surface area contributed by atoms with Crippen molar-refractivity contribution in [2.75, 3.05) is 12.8 Å². The first-order valence-electron chi connectivity index (χ1n) is 6.46. The zero-order valence-electron chi connectivity index (χ0n) is 11.6. The summed E-state index contributed by atoms with van der Waals surface area (Å²) in [5, 5.41) is 5.37. The maximum absolute atomic E-state index is 12.2. The van der Waals surface area contributed by atoms with E-state index in [4.69, 9.17) is 0 Å². The van der Waals surface area contributed by atoms with Gasteiger partial charge in [-0.2, -0.15) is 0 Å². The van der Waals surface area contributed by atoms with E-state index >= 15 is 0 Å². The molecule has 0 aromatic heterocycles. The summed E-state index contributed by atoms with van der Waals surface area (Å²) in [5.41, 5.74) is 0. The molecule has 18 heavy (non-hydrogen) atoms. The van der Waals surface area contributed by atoms with E-state index in [0.717, 1.165) is 6.42 Å². The standard InChI is InChI=1S/C12H24N2O3S/c1-8(2)14-12(15)7-18(16,17)11-6-5-10(13-4)9(11)3/h8-11,13H,5-7H2,1-4H3,(H,14,15). The molecule has 0 aromatic rings. The number of hydrogen-bond donors (Lipinski definition) is 2. The Morgan fingerprint density at radius 3 is 2.39 bits per heavy atom. The number of carbonyl (C=O) groups is 1. The molecular weight excluding hydrogens is 252 g/mol. The van der Waals surface area contributed by atoms with Crippen LogP contribution in [0, 0.1) is 5.92 Å². The van der Waals surface area contributed by atoms with Crippen molar-refractivity contribution in [3.05, 3.63) is 0 Å². The Hall–Kier alpha value is -0.620. The van der Waals surface area contributed by atoms with Crippen LogP contribution in [0.1, 0.15) is 33.6 Å². The molecule has 1 amide bonds. The van der Waals surface area contributed by atoms with Gasteiger partial charge < -0.3 is 10.6 Å². The second-order valence-corrected chi connectivity index (χ2v) is 7.62. The summed E-state index contributed by atoms with van der Waals surface area (Å²) in [7, 11) is -1.50. The monoisotopic (exact) mass is 276 g/mol. The molecule has 0 bridgehead atoms. The topological polar surface area (TPSA) is 75.3 Å². The van der Waals surface area contributed by atoms with E-state index in [1.165, 1.54) is 0 Å². The van der Waals surface area contributed by atoms with E-state index in [2.05, 4.69) is 10.6 Å². The van der Waals surface area contributed by atoms with Crippen LogP contribution in [0.15, 0.2) is 0 Å². The van der Waals surface area contributed by atoms with Crippen molar-refractivity contribution in [1.82, 2.24) is 10.6 Å². The van der Waals surface area contributed by atoms with Gasteiger partial charge in [0.15, 0.2) is 9.84 Å². The highest BCUT2D eigenvalue weighted by Crippen LogP contribution is 2.31. The summed E-state index contributed by atoms with van der Waals surface area (Å²) in [6.45, 7) is 5.58. The van der Waals surface area contributed by atoms with Gasteiger partial charge in [-0.15, -0.1) is 0 Å². The van der Waals surface area contributed by atoms with Crippen LogP contribution in [-0.2, 0) is 14.6 Å². The Kier molecular flexibility index (Phi) is 5.16. The van der Waals surface area contributed by atoms with Gasteiger partial charge in [-0.3, -0.25) is 4.79 Å². The van der Waals surface area contributed by atoms with Crippen molar-refractivity contribution in [2.24, 2.45) is 5.92 Å². The number of rotatable bonds is 5. The van der Waals surface area contributed by atoms with E-state index in [-0.39, 0.29) is 18.0 Å². The molecule has 1 saturated carbocycles. The van der Waals surface area contributed by atoms with Crippen LogP contribution in [0.3, 0.4) is 0 Å². The summed E-state index contributed by atoms with van der Waals surface area (Å²) in [4.78, 5) is 11.6. The minimum Gasteiger partial charge on any atom is -0.353 e. The summed E-state index contributed by atoms with van der Waals surface area (Å²) in [6.07, 6.45) is 1.50. The summed E-state index contributed by atoms with van der Waals surface area (Å²) < 4.78 is 24.4. The van der Waals surface area contributed by atoms with Crippen LogP contribution < -0.4 is 10.6 Å². The largest absolute Gasteiger partial charge is 0.353 e. The lowest BCUT2D eigenvalue weighted by molar-refractivity contribution is -0.119. The minimum atomic E-state index is -3.35. The Labute approximate surface area is 110 Å². The van der Waals surface area contributed by atoms with Crippen LogP contribution in [0.5, 0.6) is 0 Å². The third-order valence-electron chi connectivity index (χ3n) is 3.60. The lowest BCUT2D eigenvalue weighted by atomic mass is 10.1. The molecule has 5 nitrogen and oxygen atoms in total. The van der Waals surface area contributed by atoms with Crippen LogP contribution in [0.4, 0.5) is 0 Å². The molecule has 1 fully saturated rings. The van der Waals surface area contributed by atoms with Gasteiger partial charge in [0.1, 0.15) is 5.75 Å². The number of amides is 1. The van der Waals surface area contributed by atoms with Crippen molar-refractivity contribution in [3.8, 4) is 0 Å². The molecule has 1 rings (SSSR count). The zero-order chi connectivity index (χ0) is 13.9. The maximum Gasteiger partial charge on any atom is 0.235 e. The quantitative estimate of drug-likeness (QED) is 0.758. The lowest BCUT2D eigenvalue weighted by Gasteiger charge is -2.20. The fourth-order valence-electron chi connectivity index (χ4n) is 2.70.